The maximum atomic E-state index is 13.9. The van der Waals surface area contributed by atoms with Crippen LogP contribution in [0.25, 0.3) is 10.9 Å². The van der Waals surface area contributed by atoms with E-state index in [1.807, 2.05) is 0 Å². The van der Waals surface area contributed by atoms with Crippen LogP contribution in [0.3, 0.4) is 0 Å². The molecule has 0 aliphatic rings. The van der Waals surface area contributed by atoms with Crippen LogP contribution in [0.4, 0.5) is 23.2 Å². The Morgan fingerprint density at radius 2 is 1.97 bits per heavy atom. The number of fused-ring (bicyclic) bond motifs is 1. The summed E-state index contributed by atoms with van der Waals surface area (Å²) < 4.78 is 60.7. The van der Waals surface area contributed by atoms with Gasteiger partial charge in [0.2, 0.25) is 5.56 Å². The molecule has 1 aromatic heterocycles. The zero-order chi connectivity index (χ0) is 23.7. The first-order chi connectivity index (χ1) is 14.9. The fourth-order valence-corrected chi connectivity index (χ4v) is 3.71. The Morgan fingerprint density at radius 1 is 1.25 bits per heavy atom. The molecule has 170 valence electrons. The lowest BCUT2D eigenvalue weighted by atomic mass is 9.86. The van der Waals surface area contributed by atoms with Gasteiger partial charge in [0.1, 0.15) is 11.6 Å². The van der Waals surface area contributed by atoms with Gasteiger partial charge in [0.25, 0.3) is 0 Å². The van der Waals surface area contributed by atoms with Crippen LogP contribution < -0.4 is 10.3 Å². The lowest BCUT2D eigenvalue weighted by molar-refractivity contribution is -0.231. The van der Waals surface area contributed by atoms with Gasteiger partial charge in [-0.05, 0) is 36.1 Å². The van der Waals surface area contributed by atoms with E-state index in [4.69, 9.17) is 16.3 Å². The van der Waals surface area contributed by atoms with E-state index in [-0.39, 0.29) is 27.4 Å². The minimum atomic E-state index is -5.08. The van der Waals surface area contributed by atoms with E-state index < -0.39 is 35.5 Å². The van der Waals surface area contributed by atoms with Gasteiger partial charge >= 0.3 is 6.18 Å². The van der Waals surface area contributed by atoms with E-state index >= 15 is 0 Å². The number of nitrogens with zero attached hydrogens (tertiary/aromatic N) is 1. The average molecular weight is 471 g/mol. The molecule has 0 aliphatic heterocycles. The SMILES string of the molecule is COc1c(Cl)cccc1C(C)CC(O)(C=Nc1cc(F)cc2[nH]c(=O)ccc12)C(F)(F)F. The van der Waals surface area contributed by atoms with Gasteiger partial charge < -0.3 is 14.8 Å². The number of halogens is 5. The van der Waals surface area contributed by atoms with Crippen LogP contribution in [-0.2, 0) is 0 Å². The molecule has 0 saturated heterocycles. The Bertz CT molecular complexity index is 1230. The summed E-state index contributed by atoms with van der Waals surface area (Å²) in [6, 6.07) is 9.05. The van der Waals surface area contributed by atoms with E-state index in [1.54, 1.807) is 12.1 Å². The molecule has 0 saturated carbocycles. The quantitative estimate of drug-likeness (QED) is 0.368. The molecule has 0 spiro atoms. The van der Waals surface area contributed by atoms with Crippen LogP contribution in [0.1, 0.15) is 24.8 Å². The fourth-order valence-electron chi connectivity index (χ4n) is 3.45. The Balaban J connectivity index is 2.03. The second-order valence-corrected chi connectivity index (χ2v) is 7.76. The van der Waals surface area contributed by atoms with Crippen LogP contribution in [0.15, 0.2) is 52.3 Å². The molecule has 2 N–H and O–H groups in total. The van der Waals surface area contributed by atoms with E-state index in [0.717, 1.165) is 18.2 Å². The number of para-hydroxylation sites is 1. The number of benzene rings is 2. The predicted octanol–water partition coefficient (Wildman–Crippen LogP) is 5.52. The number of nitrogens with one attached hydrogen (secondary N) is 1. The summed E-state index contributed by atoms with van der Waals surface area (Å²) in [5, 5.41) is 11.0. The molecule has 0 fully saturated rings. The summed E-state index contributed by atoms with van der Waals surface area (Å²) in [6.07, 6.45) is -5.52. The first-order valence-corrected chi connectivity index (χ1v) is 9.82. The third kappa shape index (κ3) is 4.78. The highest BCUT2D eigenvalue weighted by Gasteiger charge is 2.53. The number of alkyl halides is 3. The number of aliphatic imine (C=N–C) groups is 1. The Morgan fingerprint density at radius 3 is 2.62 bits per heavy atom. The lowest BCUT2D eigenvalue weighted by Crippen LogP contribution is -2.47. The second-order valence-electron chi connectivity index (χ2n) is 7.36. The molecule has 0 radical (unpaired) electrons. The van der Waals surface area contributed by atoms with E-state index in [0.29, 0.717) is 11.8 Å². The monoisotopic (exact) mass is 470 g/mol. The van der Waals surface area contributed by atoms with Gasteiger partial charge in [-0.2, -0.15) is 13.2 Å². The van der Waals surface area contributed by atoms with E-state index in [2.05, 4.69) is 9.98 Å². The molecule has 0 amide bonds. The van der Waals surface area contributed by atoms with Crippen molar-refractivity contribution in [3.63, 3.8) is 0 Å². The van der Waals surface area contributed by atoms with Gasteiger partial charge in [-0.1, -0.05) is 30.7 Å². The average Bonchev–Trinajstić information content (AvgIpc) is 2.70. The smallest absolute Gasteiger partial charge is 0.422 e. The van der Waals surface area contributed by atoms with Gasteiger partial charge in [-0.15, -0.1) is 0 Å². The molecule has 0 aliphatic carbocycles. The van der Waals surface area contributed by atoms with Crippen LogP contribution in [-0.4, -0.2) is 35.2 Å². The Labute approximate surface area is 185 Å². The molecule has 5 nitrogen and oxygen atoms in total. The number of aromatic nitrogens is 1. The topological polar surface area (TPSA) is 74.7 Å². The molecule has 3 rings (SSSR count). The van der Waals surface area contributed by atoms with Crippen LogP contribution in [0.5, 0.6) is 5.75 Å². The van der Waals surface area contributed by atoms with E-state index in [1.165, 1.54) is 26.2 Å². The normalized spacial score (nSPS) is 15.1. The summed E-state index contributed by atoms with van der Waals surface area (Å²) in [5.41, 5.74) is -3.57. The van der Waals surface area contributed by atoms with Crippen LogP contribution in [0.2, 0.25) is 5.02 Å². The van der Waals surface area contributed by atoms with Crippen LogP contribution >= 0.6 is 11.6 Å². The Hall–Kier alpha value is -2.91. The summed E-state index contributed by atoms with van der Waals surface area (Å²) in [4.78, 5) is 17.6. The molecule has 2 atom stereocenters. The standard InChI is InChI=1S/C22H19ClF4N2O3/c1-12(14-4-3-5-16(23)20(14)32-2)10-21(31,22(25,26)27)11-28-17-8-13(24)9-18-15(17)6-7-19(30)29-18/h3-9,11-12,31H,10H2,1-2H3,(H,29,30). The fraction of sp³-hybridized carbons (Fsp3) is 0.273. The molecular formula is C22H19ClF4N2O3. The number of rotatable bonds is 6. The van der Waals surface area contributed by atoms with Gasteiger partial charge in [0.15, 0.2) is 5.60 Å². The number of pyridine rings is 1. The third-order valence-electron chi connectivity index (χ3n) is 5.04. The molecular weight excluding hydrogens is 452 g/mol. The number of aliphatic hydroxyl groups is 1. The van der Waals surface area contributed by atoms with Crippen molar-refractivity contribution in [2.75, 3.05) is 7.11 Å². The summed E-state index contributed by atoms with van der Waals surface area (Å²) in [7, 11) is 1.34. The summed E-state index contributed by atoms with van der Waals surface area (Å²) in [5.74, 6) is -1.43. The van der Waals surface area contributed by atoms with Crippen molar-refractivity contribution in [3.05, 3.63) is 69.2 Å². The highest BCUT2D eigenvalue weighted by molar-refractivity contribution is 6.32. The van der Waals surface area contributed by atoms with Crippen molar-refractivity contribution in [3.8, 4) is 5.75 Å². The highest BCUT2D eigenvalue weighted by Crippen LogP contribution is 2.41. The van der Waals surface area contributed by atoms with Crippen molar-refractivity contribution >= 4 is 34.4 Å². The molecule has 10 heteroatoms. The van der Waals surface area contributed by atoms with Gasteiger partial charge in [-0.3, -0.25) is 9.79 Å². The summed E-state index contributed by atoms with van der Waals surface area (Å²) in [6.45, 7) is 1.49. The number of hydrogen-bond acceptors (Lipinski definition) is 4. The molecule has 3 aromatic rings. The van der Waals surface area contributed by atoms with Crippen molar-refractivity contribution in [1.29, 1.82) is 0 Å². The lowest BCUT2D eigenvalue weighted by Gasteiger charge is -2.30. The van der Waals surface area contributed by atoms with Crippen molar-refractivity contribution in [1.82, 2.24) is 4.98 Å². The predicted molar refractivity (Wildman–Crippen MR) is 115 cm³/mol. The molecule has 2 unspecified atom stereocenters. The third-order valence-corrected chi connectivity index (χ3v) is 5.34. The maximum Gasteiger partial charge on any atom is 0.422 e. The maximum absolute atomic E-state index is 13.9. The first kappa shape index (κ1) is 23.7. The second kappa shape index (κ2) is 8.91. The molecule has 0 bridgehead atoms. The number of aromatic amines is 1. The van der Waals surface area contributed by atoms with Crippen LogP contribution in [0, 0.1) is 5.82 Å². The molecule has 2 aromatic carbocycles. The number of ether oxygens (including phenoxy) is 1. The minimum absolute atomic E-state index is 0.0669. The van der Waals surface area contributed by atoms with E-state index in [9.17, 15) is 27.5 Å². The van der Waals surface area contributed by atoms with Crippen molar-refractivity contribution in [2.45, 2.75) is 31.0 Å². The van der Waals surface area contributed by atoms with Crippen molar-refractivity contribution in [2.24, 2.45) is 4.99 Å². The molecule has 32 heavy (non-hydrogen) atoms. The number of hydrogen-bond donors (Lipinski definition) is 2. The number of methoxy groups -OCH3 is 1. The highest BCUT2D eigenvalue weighted by atomic mass is 35.5. The van der Waals surface area contributed by atoms with Gasteiger partial charge in [0, 0.05) is 23.7 Å². The van der Waals surface area contributed by atoms with Crippen molar-refractivity contribution < 1.29 is 27.4 Å². The largest absolute Gasteiger partial charge is 0.495 e. The van der Waals surface area contributed by atoms with Gasteiger partial charge in [0.05, 0.1) is 23.3 Å². The number of H-pyrrole nitrogens is 1. The Kier molecular flexibility index (Phi) is 6.61. The first-order valence-electron chi connectivity index (χ1n) is 9.44. The summed E-state index contributed by atoms with van der Waals surface area (Å²) >= 11 is 6.06. The minimum Gasteiger partial charge on any atom is -0.495 e. The van der Waals surface area contributed by atoms with Gasteiger partial charge in [-0.25, -0.2) is 4.39 Å². The zero-order valence-corrected chi connectivity index (χ0v) is 17.8. The molecule has 1 heterocycles. The zero-order valence-electron chi connectivity index (χ0n) is 17.0.